The SMILES string of the molecule is CC(C)(C)OC(=O)N1CC[C@H](C[S@](=O)c2cnc3ccccc3n2)C1. The van der Waals surface area contributed by atoms with Crippen LogP contribution < -0.4 is 0 Å². The molecule has 7 heteroatoms. The molecule has 0 N–H and O–H groups in total. The van der Waals surface area contributed by atoms with E-state index in [2.05, 4.69) is 9.97 Å². The van der Waals surface area contributed by atoms with E-state index in [4.69, 9.17) is 4.74 Å². The highest BCUT2D eigenvalue weighted by Crippen LogP contribution is 2.22. The lowest BCUT2D eigenvalue weighted by Crippen LogP contribution is -2.35. The van der Waals surface area contributed by atoms with Gasteiger partial charge in [-0.3, -0.25) is 9.19 Å². The molecule has 0 bridgehead atoms. The monoisotopic (exact) mass is 361 g/mol. The van der Waals surface area contributed by atoms with Crippen molar-refractivity contribution < 1.29 is 13.7 Å². The molecule has 2 heterocycles. The first kappa shape index (κ1) is 17.8. The van der Waals surface area contributed by atoms with E-state index in [1.54, 1.807) is 11.1 Å². The molecule has 0 spiro atoms. The number of fused-ring (bicyclic) bond motifs is 1. The molecule has 0 saturated carbocycles. The molecule has 1 aromatic carbocycles. The van der Waals surface area contributed by atoms with Crippen molar-refractivity contribution in [3.05, 3.63) is 30.5 Å². The number of para-hydroxylation sites is 2. The van der Waals surface area contributed by atoms with Crippen LogP contribution in [0.3, 0.4) is 0 Å². The molecule has 0 unspecified atom stereocenters. The van der Waals surface area contributed by atoms with E-state index in [0.717, 1.165) is 17.5 Å². The molecule has 6 nitrogen and oxygen atoms in total. The Labute approximate surface area is 150 Å². The number of rotatable bonds is 3. The van der Waals surface area contributed by atoms with Crippen LogP contribution in [0.1, 0.15) is 27.2 Å². The van der Waals surface area contributed by atoms with Gasteiger partial charge in [0.1, 0.15) is 10.6 Å². The molecule has 1 aromatic heterocycles. The third-order valence-electron chi connectivity index (χ3n) is 3.98. The van der Waals surface area contributed by atoms with Gasteiger partial charge in [0.15, 0.2) is 0 Å². The maximum Gasteiger partial charge on any atom is 0.410 e. The van der Waals surface area contributed by atoms with Crippen molar-refractivity contribution in [2.45, 2.75) is 37.8 Å². The summed E-state index contributed by atoms with van der Waals surface area (Å²) < 4.78 is 18.0. The Kier molecular flexibility index (Phi) is 5.03. The van der Waals surface area contributed by atoms with Gasteiger partial charge in [-0.05, 0) is 45.2 Å². The number of carbonyl (C=O) groups is 1. The second-order valence-electron chi connectivity index (χ2n) is 7.29. The van der Waals surface area contributed by atoms with Crippen molar-refractivity contribution in [1.82, 2.24) is 14.9 Å². The van der Waals surface area contributed by atoms with Gasteiger partial charge in [-0.25, -0.2) is 9.78 Å². The standard InChI is InChI=1S/C18H23N3O3S/c1-18(2,3)24-17(22)21-9-8-13(11-21)12-25(23)16-10-19-14-6-4-5-7-15(14)20-16/h4-7,10,13H,8-9,11-12H2,1-3H3/t13-,25-/m0/s1. The van der Waals surface area contributed by atoms with Crippen LogP contribution in [0.5, 0.6) is 0 Å². The molecular formula is C18H23N3O3S. The van der Waals surface area contributed by atoms with Crippen LogP contribution in [0.25, 0.3) is 11.0 Å². The minimum absolute atomic E-state index is 0.182. The average Bonchev–Trinajstić information content (AvgIpc) is 3.01. The first-order valence-electron chi connectivity index (χ1n) is 8.40. The highest BCUT2D eigenvalue weighted by Gasteiger charge is 2.31. The number of nitrogens with zero attached hydrogens (tertiary/aromatic N) is 3. The molecule has 1 aliphatic heterocycles. The lowest BCUT2D eigenvalue weighted by Gasteiger charge is -2.24. The molecular weight excluding hydrogens is 338 g/mol. The molecule has 1 amide bonds. The van der Waals surface area contributed by atoms with E-state index in [9.17, 15) is 9.00 Å². The Bertz CT molecular complexity index is 803. The fourth-order valence-electron chi connectivity index (χ4n) is 2.81. The van der Waals surface area contributed by atoms with Crippen molar-refractivity contribution in [3.8, 4) is 0 Å². The first-order valence-corrected chi connectivity index (χ1v) is 9.72. The van der Waals surface area contributed by atoms with Gasteiger partial charge in [0, 0.05) is 18.8 Å². The lowest BCUT2D eigenvalue weighted by atomic mass is 10.2. The van der Waals surface area contributed by atoms with Crippen LogP contribution >= 0.6 is 0 Å². The van der Waals surface area contributed by atoms with Gasteiger partial charge in [-0.1, -0.05) is 12.1 Å². The molecule has 2 atom stereocenters. The van der Waals surface area contributed by atoms with E-state index in [0.29, 0.717) is 23.9 Å². The summed E-state index contributed by atoms with van der Waals surface area (Å²) in [6.07, 6.45) is 2.11. The Morgan fingerprint density at radius 3 is 2.76 bits per heavy atom. The molecule has 2 aromatic rings. The maximum atomic E-state index is 12.6. The molecule has 25 heavy (non-hydrogen) atoms. The van der Waals surface area contributed by atoms with Gasteiger partial charge in [0.2, 0.25) is 0 Å². The normalized spacial score (nSPS) is 19.2. The summed E-state index contributed by atoms with van der Waals surface area (Å²) in [7, 11) is -1.23. The second-order valence-corrected chi connectivity index (χ2v) is 8.73. The number of likely N-dealkylation sites (tertiary alicyclic amines) is 1. The number of benzene rings is 1. The number of amides is 1. The predicted octanol–water partition coefficient (Wildman–Crippen LogP) is 2.99. The average molecular weight is 361 g/mol. The Balaban J connectivity index is 1.60. The van der Waals surface area contributed by atoms with Crippen LogP contribution in [0.2, 0.25) is 0 Å². The largest absolute Gasteiger partial charge is 0.444 e. The summed E-state index contributed by atoms with van der Waals surface area (Å²) in [6, 6.07) is 7.53. The molecule has 1 aliphatic rings. The van der Waals surface area contributed by atoms with Crippen LogP contribution in [0, 0.1) is 5.92 Å². The minimum atomic E-state index is -1.23. The predicted molar refractivity (Wildman–Crippen MR) is 96.7 cm³/mol. The number of ether oxygens (including phenoxy) is 1. The fourth-order valence-corrected chi connectivity index (χ4v) is 4.05. The number of carbonyl (C=O) groups excluding carboxylic acids is 1. The van der Waals surface area contributed by atoms with Gasteiger partial charge < -0.3 is 9.64 Å². The highest BCUT2D eigenvalue weighted by molar-refractivity contribution is 7.84. The summed E-state index contributed by atoms with van der Waals surface area (Å²) in [4.78, 5) is 22.6. The Morgan fingerprint density at radius 2 is 2.04 bits per heavy atom. The van der Waals surface area contributed by atoms with Gasteiger partial charge in [0.05, 0.1) is 28.0 Å². The first-order chi connectivity index (χ1) is 11.8. The van der Waals surface area contributed by atoms with Gasteiger partial charge >= 0.3 is 6.09 Å². The third-order valence-corrected chi connectivity index (χ3v) is 5.42. The smallest absolute Gasteiger partial charge is 0.410 e. The zero-order valence-corrected chi connectivity index (χ0v) is 15.6. The van der Waals surface area contributed by atoms with Crippen molar-refractivity contribution in [2.75, 3.05) is 18.8 Å². The van der Waals surface area contributed by atoms with Crippen LogP contribution in [-0.4, -0.2) is 49.6 Å². The molecule has 134 valence electrons. The minimum Gasteiger partial charge on any atom is -0.444 e. The molecule has 0 aliphatic carbocycles. The van der Waals surface area contributed by atoms with E-state index in [-0.39, 0.29) is 12.0 Å². The number of hydrogen-bond acceptors (Lipinski definition) is 5. The highest BCUT2D eigenvalue weighted by atomic mass is 32.2. The molecule has 1 fully saturated rings. The Morgan fingerprint density at radius 1 is 1.32 bits per heavy atom. The topological polar surface area (TPSA) is 72.4 Å². The Hall–Kier alpha value is -2.02. The molecule has 1 saturated heterocycles. The van der Waals surface area contributed by atoms with Gasteiger partial charge in [-0.15, -0.1) is 0 Å². The lowest BCUT2D eigenvalue weighted by molar-refractivity contribution is 0.0289. The van der Waals surface area contributed by atoms with Crippen molar-refractivity contribution in [1.29, 1.82) is 0 Å². The third kappa shape index (κ3) is 4.54. The maximum absolute atomic E-state index is 12.6. The summed E-state index contributed by atoms with van der Waals surface area (Å²) in [5, 5.41) is 0.495. The summed E-state index contributed by atoms with van der Waals surface area (Å²) in [5.41, 5.74) is 1.04. The zero-order chi connectivity index (χ0) is 18.0. The van der Waals surface area contributed by atoms with E-state index < -0.39 is 16.4 Å². The van der Waals surface area contributed by atoms with Crippen LogP contribution in [0.4, 0.5) is 4.79 Å². The van der Waals surface area contributed by atoms with Gasteiger partial charge in [-0.2, -0.15) is 0 Å². The van der Waals surface area contributed by atoms with Gasteiger partial charge in [0.25, 0.3) is 0 Å². The quantitative estimate of drug-likeness (QED) is 0.840. The van der Waals surface area contributed by atoms with Crippen LogP contribution in [0.15, 0.2) is 35.5 Å². The molecule has 3 rings (SSSR count). The van der Waals surface area contributed by atoms with Crippen molar-refractivity contribution >= 4 is 27.9 Å². The van der Waals surface area contributed by atoms with E-state index in [1.807, 2.05) is 45.0 Å². The van der Waals surface area contributed by atoms with Crippen molar-refractivity contribution in [2.24, 2.45) is 5.92 Å². The number of hydrogen-bond donors (Lipinski definition) is 0. The van der Waals surface area contributed by atoms with Crippen molar-refractivity contribution in [3.63, 3.8) is 0 Å². The summed E-state index contributed by atoms with van der Waals surface area (Å²) in [5.74, 6) is 0.661. The second kappa shape index (κ2) is 7.07. The fraction of sp³-hybridized carbons (Fsp3) is 0.500. The van der Waals surface area contributed by atoms with E-state index >= 15 is 0 Å². The number of aromatic nitrogens is 2. The zero-order valence-electron chi connectivity index (χ0n) is 14.8. The van der Waals surface area contributed by atoms with Crippen LogP contribution in [-0.2, 0) is 15.5 Å². The summed E-state index contributed by atoms with van der Waals surface area (Å²) in [6.45, 7) is 6.77. The summed E-state index contributed by atoms with van der Waals surface area (Å²) >= 11 is 0. The van der Waals surface area contributed by atoms with E-state index in [1.165, 1.54) is 0 Å². The molecule has 0 radical (unpaired) electrons.